The molecular formula is C39H49NO5. The van der Waals surface area contributed by atoms with E-state index in [4.69, 9.17) is 9.84 Å². The minimum atomic E-state index is -0.891. The fraction of sp³-hybridized carbons (Fsp3) is 0.487. The maximum atomic E-state index is 11.6. The second-order valence-corrected chi connectivity index (χ2v) is 13.1. The lowest BCUT2D eigenvalue weighted by Gasteiger charge is -2.36. The summed E-state index contributed by atoms with van der Waals surface area (Å²) in [5.41, 5.74) is 5.34. The molecule has 0 radical (unpaired) electrons. The number of hydrogen-bond donors (Lipinski definition) is 2. The van der Waals surface area contributed by atoms with Crippen LogP contribution < -0.4 is 4.74 Å². The molecule has 1 fully saturated rings. The van der Waals surface area contributed by atoms with Gasteiger partial charge in [0.2, 0.25) is 0 Å². The van der Waals surface area contributed by atoms with Crippen molar-refractivity contribution in [1.82, 2.24) is 4.90 Å². The van der Waals surface area contributed by atoms with Gasteiger partial charge in [-0.2, -0.15) is 0 Å². The van der Waals surface area contributed by atoms with E-state index in [-0.39, 0.29) is 12.5 Å². The van der Waals surface area contributed by atoms with Gasteiger partial charge in [-0.05, 0) is 123 Å². The molecule has 6 heteroatoms. The normalized spacial score (nSPS) is 19.6. The van der Waals surface area contributed by atoms with Gasteiger partial charge in [0.05, 0.1) is 12.2 Å². The molecule has 2 aliphatic carbocycles. The largest absolute Gasteiger partial charge is 0.493 e. The van der Waals surface area contributed by atoms with Crippen molar-refractivity contribution in [2.45, 2.75) is 89.5 Å². The van der Waals surface area contributed by atoms with E-state index in [2.05, 4.69) is 59.5 Å². The van der Waals surface area contributed by atoms with Crippen molar-refractivity contribution in [3.05, 3.63) is 101 Å². The molecule has 0 aliphatic heterocycles. The predicted molar refractivity (Wildman–Crippen MR) is 178 cm³/mol. The summed E-state index contributed by atoms with van der Waals surface area (Å²) in [4.78, 5) is 25.2. The van der Waals surface area contributed by atoms with Gasteiger partial charge in [-0.1, -0.05) is 67.4 Å². The Bertz CT molecular complexity index is 1380. The highest BCUT2D eigenvalue weighted by molar-refractivity contribution is 5.88. The average Bonchev–Trinajstić information content (AvgIpc) is 3.07. The van der Waals surface area contributed by atoms with Crippen LogP contribution in [0.4, 0.5) is 0 Å². The smallest absolute Gasteiger partial charge is 0.335 e. The van der Waals surface area contributed by atoms with Crippen LogP contribution in [-0.2, 0) is 24.1 Å². The maximum Gasteiger partial charge on any atom is 0.335 e. The van der Waals surface area contributed by atoms with Crippen molar-refractivity contribution in [1.29, 1.82) is 0 Å². The van der Waals surface area contributed by atoms with Crippen molar-refractivity contribution < 1.29 is 24.5 Å². The van der Waals surface area contributed by atoms with Gasteiger partial charge in [0.15, 0.2) is 0 Å². The number of para-hydroxylation sites is 1. The lowest BCUT2D eigenvalue weighted by molar-refractivity contribution is -0.137. The number of nitrogens with zero attached hydrogens (tertiary/aromatic N) is 1. The van der Waals surface area contributed by atoms with Crippen LogP contribution >= 0.6 is 0 Å². The third-order valence-electron chi connectivity index (χ3n) is 9.97. The molecule has 0 aromatic heterocycles. The van der Waals surface area contributed by atoms with E-state index in [1.165, 1.54) is 55.2 Å². The van der Waals surface area contributed by atoms with Crippen LogP contribution in [0.25, 0.3) is 0 Å². The fourth-order valence-electron chi connectivity index (χ4n) is 7.34. The van der Waals surface area contributed by atoms with Crippen LogP contribution in [0.15, 0.2) is 72.8 Å². The molecule has 0 spiro atoms. The first kappa shape index (κ1) is 32.7. The number of aromatic carboxylic acids is 1. The highest BCUT2D eigenvalue weighted by Gasteiger charge is 2.27. The van der Waals surface area contributed by atoms with Gasteiger partial charge in [0.1, 0.15) is 5.75 Å². The molecule has 1 atom stereocenters. The highest BCUT2D eigenvalue weighted by atomic mass is 16.5. The second kappa shape index (κ2) is 16.6. The summed E-state index contributed by atoms with van der Waals surface area (Å²) in [5.74, 6) is 0.752. The van der Waals surface area contributed by atoms with Crippen molar-refractivity contribution in [3.8, 4) is 5.75 Å². The molecule has 2 aliphatic rings. The minimum absolute atomic E-state index is 0.183. The first-order chi connectivity index (χ1) is 22.0. The number of fused-ring (bicyclic) bond motifs is 1. The number of rotatable bonds is 16. The molecule has 6 nitrogen and oxygen atoms in total. The van der Waals surface area contributed by atoms with Crippen molar-refractivity contribution in [2.24, 2.45) is 11.8 Å². The third kappa shape index (κ3) is 9.67. The van der Waals surface area contributed by atoms with Crippen LogP contribution in [0.3, 0.4) is 0 Å². The van der Waals surface area contributed by atoms with E-state index in [0.29, 0.717) is 17.9 Å². The number of carbonyl (C=O) groups is 2. The van der Waals surface area contributed by atoms with E-state index < -0.39 is 11.9 Å². The zero-order valence-electron chi connectivity index (χ0n) is 26.5. The van der Waals surface area contributed by atoms with Gasteiger partial charge < -0.3 is 14.9 Å². The number of aliphatic carboxylic acids is 1. The Morgan fingerprint density at radius 3 is 2.33 bits per heavy atom. The summed E-state index contributed by atoms with van der Waals surface area (Å²) in [6.07, 6.45) is 12.9. The van der Waals surface area contributed by atoms with Crippen LogP contribution in [-0.4, -0.2) is 46.7 Å². The van der Waals surface area contributed by atoms with Crippen LogP contribution in [0.2, 0.25) is 0 Å². The summed E-state index contributed by atoms with van der Waals surface area (Å²) in [5, 5.41) is 18.7. The summed E-state index contributed by atoms with van der Waals surface area (Å²) >= 11 is 0. The maximum absolute atomic E-state index is 11.6. The van der Waals surface area contributed by atoms with E-state index in [1.54, 1.807) is 6.07 Å². The number of carboxylic acids is 2. The number of unbranched alkanes of at least 4 members (excludes halogenated alkanes) is 1. The second-order valence-electron chi connectivity index (χ2n) is 13.1. The molecular weight excluding hydrogens is 562 g/mol. The van der Waals surface area contributed by atoms with Crippen LogP contribution in [0.1, 0.15) is 103 Å². The summed E-state index contributed by atoms with van der Waals surface area (Å²) < 4.78 is 6.50. The number of hydrogen-bond acceptors (Lipinski definition) is 4. The van der Waals surface area contributed by atoms with Gasteiger partial charge in [-0.3, -0.25) is 9.69 Å². The number of carboxylic acid groups (broad SMARTS) is 2. The minimum Gasteiger partial charge on any atom is -0.493 e. The van der Waals surface area contributed by atoms with Gasteiger partial charge >= 0.3 is 11.9 Å². The first-order valence-electron chi connectivity index (χ1n) is 17.0. The standard InChI is InChI=1S/C39H49NO5/c41-38(42)15-6-7-25-40(36-13-8-12-33-27-34(39(43)44)22-23-35(33)36)26-24-32-11-4-5-14-37(32)45-28-31-20-18-30(19-21-31)17-16-29-9-2-1-3-10-29/h1-5,9-11,14,22-23,27,30-31,36H,6-8,12-13,15-21,24-26,28H2,(H,41,42)(H,43,44). The molecule has 0 saturated heterocycles. The third-order valence-corrected chi connectivity index (χ3v) is 9.97. The zero-order chi connectivity index (χ0) is 31.4. The van der Waals surface area contributed by atoms with Crippen molar-refractivity contribution >= 4 is 11.9 Å². The molecule has 0 heterocycles. The Hall–Kier alpha value is -3.64. The highest BCUT2D eigenvalue weighted by Crippen LogP contribution is 2.36. The molecule has 240 valence electrons. The van der Waals surface area contributed by atoms with E-state index in [1.807, 2.05) is 12.1 Å². The SMILES string of the molecule is O=C(O)CCCCN(CCc1ccccc1OCC1CCC(CCc2ccccc2)CC1)C1CCCc2cc(C(=O)O)ccc21. The fourth-order valence-corrected chi connectivity index (χ4v) is 7.34. The molecule has 3 aromatic carbocycles. The van der Waals surface area contributed by atoms with Crippen molar-refractivity contribution in [3.63, 3.8) is 0 Å². The Morgan fingerprint density at radius 2 is 1.56 bits per heavy atom. The first-order valence-corrected chi connectivity index (χ1v) is 17.0. The van der Waals surface area contributed by atoms with Gasteiger partial charge in [0.25, 0.3) is 0 Å². The Morgan fingerprint density at radius 1 is 0.800 bits per heavy atom. The summed E-state index contributed by atoms with van der Waals surface area (Å²) in [6, 6.07) is 25.0. The average molecular weight is 612 g/mol. The molecule has 0 bridgehead atoms. The lowest BCUT2D eigenvalue weighted by Crippen LogP contribution is -2.34. The van der Waals surface area contributed by atoms with E-state index in [0.717, 1.165) is 69.0 Å². The summed E-state index contributed by atoms with van der Waals surface area (Å²) in [6.45, 7) is 2.42. The van der Waals surface area contributed by atoms with Gasteiger partial charge in [0, 0.05) is 19.0 Å². The van der Waals surface area contributed by atoms with Gasteiger partial charge in [-0.25, -0.2) is 4.79 Å². The Labute approximate surface area is 268 Å². The monoisotopic (exact) mass is 611 g/mol. The molecule has 2 N–H and O–H groups in total. The van der Waals surface area contributed by atoms with Gasteiger partial charge in [-0.15, -0.1) is 0 Å². The molecule has 45 heavy (non-hydrogen) atoms. The summed E-state index contributed by atoms with van der Waals surface area (Å²) in [7, 11) is 0. The van der Waals surface area contributed by atoms with E-state index in [9.17, 15) is 14.7 Å². The van der Waals surface area contributed by atoms with E-state index >= 15 is 0 Å². The molecule has 3 aromatic rings. The molecule has 1 saturated carbocycles. The molecule has 0 amide bonds. The Balaban J connectivity index is 1.17. The van der Waals surface area contributed by atoms with Crippen LogP contribution in [0, 0.1) is 11.8 Å². The quantitative estimate of drug-likeness (QED) is 0.158. The Kier molecular flexibility index (Phi) is 12.1. The lowest BCUT2D eigenvalue weighted by atomic mass is 9.80. The van der Waals surface area contributed by atoms with Crippen LogP contribution in [0.5, 0.6) is 5.75 Å². The zero-order valence-corrected chi connectivity index (χ0v) is 26.5. The predicted octanol–water partition coefficient (Wildman–Crippen LogP) is 8.38. The number of aryl methyl sites for hydroxylation is 2. The number of benzene rings is 3. The molecule has 1 unspecified atom stereocenters. The molecule has 5 rings (SSSR count). The topological polar surface area (TPSA) is 87.1 Å². The number of ether oxygens (including phenoxy) is 1. The van der Waals surface area contributed by atoms with Crippen molar-refractivity contribution in [2.75, 3.05) is 19.7 Å².